The number of fused-ring (bicyclic) bond motifs is 1. The Labute approximate surface area is 187 Å². The van der Waals surface area contributed by atoms with Crippen LogP contribution in [-0.4, -0.2) is 29.5 Å². The zero-order chi connectivity index (χ0) is 22.5. The molecule has 2 aromatic carbocycles. The predicted octanol–water partition coefficient (Wildman–Crippen LogP) is 4.79. The summed E-state index contributed by atoms with van der Waals surface area (Å²) in [5.41, 5.74) is 7.16. The van der Waals surface area contributed by atoms with E-state index in [1.54, 1.807) is 43.3 Å². The summed E-state index contributed by atoms with van der Waals surface area (Å²) in [6.45, 7) is 1.88. The zero-order valence-electron chi connectivity index (χ0n) is 16.3. The molecule has 1 aromatic heterocycles. The van der Waals surface area contributed by atoms with Gasteiger partial charge in [0.05, 0.1) is 11.6 Å². The number of esters is 1. The molecule has 0 fully saturated rings. The molecule has 0 unspecified atom stereocenters. The van der Waals surface area contributed by atoms with Crippen LogP contribution in [0.25, 0.3) is 17.0 Å². The van der Waals surface area contributed by atoms with Crippen molar-refractivity contribution in [3.63, 3.8) is 0 Å². The lowest BCUT2D eigenvalue weighted by atomic mass is 10.1. The highest BCUT2D eigenvalue weighted by molar-refractivity contribution is 6.39. The third-order valence-corrected chi connectivity index (χ3v) is 4.67. The molecule has 5 N–H and O–H groups in total. The molecule has 31 heavy (non-hydrogen) atoms. The molecule has 0 aliphatic carbocycles. The van der Waals surface area contributed by atoms with Gasteiger partial charge in [-0.15, -0.1) is 0 Å². The van der Waals surface area contributed by atoms with E-state index in [-0.39, 0.29) is 12.3 Å². The molecule has 0 atom stereocenters. The number of carbonyl (C=O) groups excluding carboxylic acids is 3. The lowest BCUT2D eigenvalue weighted by Gasteiger charge is -2.05. The number of rotatable bonds is 6. The van der Waals surface area contributed by atoms with Crippen LogP contribution in [0.5, 0.6) is 0 Å². The van der Waals surface area contributed by atoms with Crippen molar-refractivity contribution in [1.29, 1.82) is 0 Å². The van der Waals surface area contributed by atoms with Gasteiger partial charge in [0, 0.05) is 38.9 Å². The van der Waals surface area contributed by atoms with E-state index in [0.29, 0.717) is 37.9 Å². The average Bonchev–Trinajstić information content (AvgIpc) is 3.06. The number of amides is 3. The molecule has 160 valence electrons. The van der Waals surface area contributed by atoms with Gasteiger partial charge in [-0.05, 0) is 49.4 Å². The SMILES string of the molecule is CCOC(=O)c1[nH]c2cc(Cl)cc(Cl)c2c1/C=C/C(=O)Nc1ccc(NC(N)=O)cc1. The number of hydrogen-bond donors (Lipinski definition) is 4. The number of benzene rings is 2. The highest BCUT2D eigenvalue weighted by atomic mass is 35.5. The fourth-order valence-corrected chi connectivity index (χ4v) is 3.52. The maximum Gasteiger partial charge on any atom is 0.355 e. The van der Waals surface area contributed by atoms with Gasteiger partial charge in [-0.3, -0.25) is 4.79 Å². The van der Waals surface area contributed by atoms with E-state index in [0.717, 1.165) is 0 Å². The molecule has 0 spiro atoms. The molecule has 0 saturated carbocycles. The Morgan fingerprint density at radius 2 is 1.74 bits per heavy atom. The molecule has 3 aromatic rings. The Balaban J connectivity index is 1.87. The summed E-state index contributed by atoms with van der Waals surface area (Å²) in [7, 11) is 0. The molecule has 3 rings (SSSR count). The van der Waals surface area contributed by atoms with Crippen LogP contribution in [-0.2, 0) is 9.53 Å². The van der Waals surface area contributed by atoms with Crippen molar-refractivity contribution in [2.45, 2.75) is 6.92 Å². The van der Waals surface area contributed by atoms with E-state index in [1.807, 2.05) is 0 Å². The van der Waals surface area contributed by atoms with E-state index in [4.69, 9.17) is 33.7 Å². The summed E-state index contributed by atoms with van der Waals surface area (Å²) in [5.74, 6) is -1.02. The number of halogens is 2. The maximum absolute atomic E-state index is 12.4. The minimum absolute atomic E-state index is 0.159. The van der Waals surface area contributed by atoms with Gasteiger partial charge in [0.2, 0.25) is 5.91 Å². The second kappa shape index (κ2) is 9.55. The maximum atomic E-state index is 12.4. The molecular weight excluding hydrogens is 443 g/mol. The van der Waals surface area contributed by atoms with Crippen LogP contribution >= 0.6 is 23.2 Å². The number of hydrogen-bond acceptors (Lipinski definition) is 4. The summed E-state index contributed by atoms with van der Waals surface area (Å²) in [5, 5.41) is 6.37. The van der Waals surface area contributed by atoms with Crippen molar-refractivity contribution in [2.24, 2.45) is 5.73 Å². The van der Waals surface area contributed by atoms with Crippen molar-refractivity contribution in [3.8, 4) is 0 Å². The number of anilines is 2. The first-order valence-corrected chi connectivity index (χ1v) is 9.87. The first-order valence-electron chi connectivity index (χ1n) is 9.12. The van der Waals surface area contributed by atoms with Crippen LogP contribution in [0, 0.1) is 0 Å². The van der Waals surface area contributed by atoms with E-state index in [9.17, 15) is 14.4 Å². The van der Waals surface area contributed by atoms with Crippen LogP contribution in [0.15, 0.2) is 42.5 Å². The smallest absolute Gasteiger partial charge is 0.355 e. The van der Waals surface area contributed by atoms with Gasteiger partial charge >= 0.3 is 12.0 Å². The highest BCUT2D eigenvalue weighted by Gasteiger charge is 2.20. The summed E-state index contributed by atoms with van der Waals surface area (Å²) >= 11 is 12.4. The zero-order valence-corrected chi connectivity index (χ0v) is 17.8. The summed E-state index contributed by atoms with van der Waals surface area (Å²) in [6.07, 6.45) is 2.75. The topological polar surface area (TPSA) is 126 Å². The summed E-state index contributed by atoms with van der Waals surface area (Å²) < 4.78 is 5.09. The number of H-pyrrole nitrogens is 1. The minimum Gasteiger partial charge on any atom is -0.461 e. The third-order valence-electron chi connectivity index (χ3n) is 4.15. The first kappa shape index (κ1) is 22.2. The van der Waals surface area contributed by atoms with Crippen LogP contribution < -0.4 is 16.4 Å². The minimum atomic E-state index is -0.684. The number of ether oxygens (including phenoxy) is 1. The van der Waals surface area contributed by atoms with E-state index in [2.05, 4.69) is 15.6 Å². The van der Waals surface area contributed by atoms with E-state index >= 15 is 0 Å². The number of aromatic amines is 1. The predicted molar refractivity (Wildman–Crippen MR) is 122 cm³/mol. The Kier molecular flexibility index (Phi) is 6.84. The number of primary amides is 1. The Morgan fingerprint density at radius 3 is 2.35 bits per heavy atom. The molecule has 0 saturated heterocycles. The van der Waals surface area contributed by atoms with Crippen LogP contribution in [0.4, 0.5) is 16.2 Å². The quantitative estimate of drug-likeness (QED) is 0.311. The Bertz CT molecular complexity index is 1190. The van der Waals surface area contributed by atoms with Crippen LogP contribution in [0.3, 0.4) is 0 Å². The van der Waals surface area contributed by atoms with Crippen LogP contribution in [0.1, 0.15) is 23.0 Å². The fourth-order valence-electron chi connectivity index (χ4n) is 2.93. The lowest BCUT2D eigenvalue weighted by molar-refractivity contribution is -0.111. The van der Waals surface area contributed by atoms with E-state index in [1.165, 1.54) is 12.2 Å². The van der Waals surface area contributed by atoms with Gasteiger partial charge in [0.15, 0.2) is 0 Å². The van der Waals surface area contributed by atoms with Crippen LogP contribution in [0.2, 0.25) is 10.0 Å². The van der Waals surface area contributed by atoms with Gasteiger partial charge in [-0.1, -0.05) is 23.2 Å². The normalized spacial score (nSPS) is 10.9. The number of nitrogens with one attached hydrogen (secondary N) is 3. The standard InChI is InChI=1S/C21H18Cl2N4O4/c1-2-31-20(29)19-14(18-15(23)9-11(22)10-16(18)27-19)7-8-17(28)25-12-3-5-13(6-4-12)26-21(24)30/h3-10,27H,2H2,1H3,(H,25,28)(H3,24,26,30)/b8-7+. The fraction of sp³-hybridized carbons (Fsp3) is 0.0952. The van der Waals surface area contributed by atoms with Gasteiger partial charge in [-0.2, -0.15) is 0 Å². The number of urea groups is 1. The van der Waals surface area contributed by atoms with Crippen molar-refractivity contribution >= 4 is 69.5 Å². The van der Waals surface area contributed by atoms with Gasteiger partial charge in [0.25, 0.3) is 0 Å². The lowest BCUT2D eigenvalue weighted by Crippen LogP contribution is -2.19. The molecule has 3 amide bonds. The Hall–Kier alpha value is -3.49. The molecule has 10 heteroatoms. The van der Waals surface area contributed by atoms with Gasteiger partial charge in [0.1, 0.15) is 5.69 Å². The van der Waals surface area contributed by atoms with Crippen molar-refractivity contribution in [2.75, 3.05) is 17.2 Å². The number of nitrogens with two attached hydrogens (primary N) is 1. The molecule has 1 heterocycles. The molecular formula is C21H18Cl2N4O4. The molecule has 0 bridgehead atoms. The third kappa shape index (κ3) is 5.36. The largest absolute Gasteiger partial charge is 0.461 e. The monoisotopic (exact) mass is 460 g/mol. The van der Waals surface area contributed by atoms with Crippen molar-refractivity contribution in [3.05, 3.63) is 63.8 Å². The van der Waals surface area contributed by atoms with Crippen molar-refractivity contribution < 1.29 is 19.1 Å². The Morgan fingerprint density at radius 1 is 1.10 bits per heavy atom. The molecule has 0 radical (unpaired) electrons. The molecule has 8 nitrogen and oxygen atoms in total. The second-order valence-electron chi connectivity index (χ2n) is 6.33. The van der Waals surface area contributed by atoms with Crippen molar-refractivity contribution in [1.82, 2.24) is 4.98 Å². The highest BCUT2D eigenvalue weighted by Crippen LogP contribution is 2.33. The summed E-state index contributed by atoms with van der Waals surface area (Å²) in [4.78, 5) is 38.6. The summed E-state index contributed by atoms with van der Waals surface area (Å²) in [6, 6.07) is 8.88. The average molecular weight is 461 g/mol. The van der Waals surface area contributed by atoms with Gasteiger partial charge in [-0.25, -0.2) is 9.59 Å². The van der Waals surface area contributed by atoms with E-state index < -0.39 is 17.9 Å². The number of carbonyl (C=O) groups is 3. The van der Waals surface area contributed by atoms with Gasteiger partial charge < -0.3 is 26.1 Å². The molecule has 0 aliphatic rings. The second-order valence-corrected chi connectivity index (χ2v) is 7.18. The number of aromatic nitrogens is 1. The molecule has 0 aliphatic heterocycles. The first-order chi connectivity index (χ1) is 14.8.